The van der Waals surface area contributed by atoms with E-state index in [1.807, 2.05) is 0 Å². The zero-order chi connectivity index (χ0) is 14.6. The molecule has 1 nitrogen and oxygen atoms in total. The van der Waals surface area contributed by atoms with E-state index in [0.717, 1.165) is 17.9 Å². The molecule has 4 rings (SSSR count). The van der Waals surface area contributed by atoms with Crippen molar-refractivity contribution in [1.82, 2.24) is 5.32 Å². The topological polar surface area (TPSA) is 12.0 Å². The van der Waals surface area contributed by atoms with Gasteiger partial charge in [-0.1, -0.05) is 34.1 Å². The van der Waals surface area contributed by atoms with Crippen molar-refractivity contribution >= 4 is 0 Å². The third-order valence-electron chi connectivity index (χ3n) is 7.09. The lowest BCUT2D eigenvalue weighted by Crippen LogP contribution is -2.61. The molecule has 0 aromatic heterocycles. The third-order valence-corrected chi connectivity index (χ3v) is 7.09. The van der Waals surface area contributed by atoms with E-state index in [1.165, 1.54) is 51.4 Å². The Morgan fingerprint density at radius 1 is 1.05 bits per heavy atom. The molecule has 0 aromatic carbocycles. The number of hydrogen-bond acceptors (Lipinski definition) is 1. The first-order chi connectivity index (χ1) is 9.32. The van der Waals surface area contributed by atoms with Crippen LogP contribution in [0.15, 0.2) is 0 Å². The second-order valence-corrected chi connectivity index (χ2v) is 9.58. The molecule has 4 saturated carbocycles. The number of nitrogens with one attached hydrogen (secondary N) is 1. The third kappa shape index (κ3) is 2.34. The van der Waals surface area contributed by atoms with E-state index in [-0.39, 0.29) is 0 Å². The van der Waals surface area contributed by atoms with Gasteiger partial charge in [0.25, 0.3) is 0 Å². The summed E-state index contributed by atoms with van der Waals surface area (Å²) in [5.41, 5.74) is 1.92. The van der Waals surface area contributed by atoms with Crippen LogP contribution in [0.4, 0.5) is 0 Å². The van der Waals surface area contributed by atoms with Crippen LogP contribution in [0, 0.1) is 28.1 Å². The Balaban J connectivity index is 1.87. The van der Waals surface area contributed by atoms with Gasteiger partial charge in [-0.2, -0.15) is 0 Å². The molecule has 20 heavy (non-hydrogen) atoms. The van der Waals surface area contributed by atoms with E-state index in [2.05, 4.69) is 40.1 Å². The van der Waals surface area contributed by atoms with E-state index >= 15 is 0 Å². The molecule has 4 atom stereocenters. The fourth-order valence-electron chi connectivity index (χ4n) is 7.17. The zero-order valence-corrected chi connectivity index (χ0v) is 14.4. The van der Waals surface area contributed by atoms with Gasteiger partial charge in [-0.3, -0.25) is 0 Å². The monoisotopic (exact) mass is 277 g/mol. The Labute approximate surface area is 126 Å². The summed E-state index contributed by atoms with van der Waals surface area (Å²) in [7, 11) is 2.22. The number of hydrogen-bond donors (Lipinski definition) is 1. The molecule has 4 aliphatic carbocycles. The van der Waals surface area contributed by atoms with Crippen LogP contribution in [-0.2, 0) is 0 Å². The smallest absolute Gasteiger partial charge is 0.0124 e. The summed E-state index contributed by atoms with van der Waals surface area (Å²) in [4.78, 5) is 0. The summed E-state index contributed by atoms with van der Waals surface area (Å²) >= 11 is 0. The van der Waals surface area contributed by atoms with Gasteiger partial charge in [-0.15, -0.1) is 0 Å². The fraction of sp³-hybridized carbons (Fsp3) is 1.00. The second-order valence-electron chi connectivity index (χ2n) is 9.58. The van der Waals surface area contributed by atoms with E-state index < -0.39 is 0 Å². The van der Waals surface area contributed by atoms with Crippen molar-refractivity contribution < 1.29 is 0 Å². The largest absolute Gasteiger partial charge is 0.316 e. The van der Waals surface area contributed by atoms with Crippen LogP contribution >= 0.6 is 0 Å². The van der Waals surface area contributed by atoms with Crippen LogP contribution < -0.4 is 5.32 Å². The molecule has 0 spiro atoms. The Hall–Kier alpha value is -0.0400. The molecule has 0 heterocycles. The summed E-state index contributed by atoms with van der Waals surface area (Å²) in [5.74, 6) is 1.88. The number of rotatable bonds is 5. The molecule has 0 aromatic rings. The van der Waals surface area contributed by atoms with Gasteiger partial charge >= 0.3 is 0 Å². The highest BCUT2D eigenvalue weighted by molar-refractivity contribution is 5.13. The normalized spacial score (nSPS) is 49.4. The molecule has 4 bridgehead atoms. The average molecular weight is 277 g/mol. The minimum Gasteiger partial charge on any atom is -0.316 e. The summed E-state index contributed by atoms with van der Waals surface area (Å²) < 4.78 is 0. The Kier molecular flexibility index (Phi) is 3.52. The predicted molar refractivity (Wildman–Crippen MR) is 86.8 cm³/mol. The minimum atomic E-state index is 0.612. The molecule has 0 radical (unpaired) electrons. The molecule has 1 N–H and O–H groups in total. The van der Waals surface area contributed by atoms with E-state index in [9.17, 15) is 0 Å². The first-order valence-corrected chi connectivity index (χ1v) is 8.99. The maximum absolute atomic E-state index is 3.76. The van der Waals surface area contributed by atoms with Crippen LogP contribution in [0.5, 0.6) is 0 Å². The summed E-state index contributed by atoms with van der Waals surface area (Å²) in [6.45, 7) is 9.98. The van der Waals surface area contributed by atoms with Gasteiger partial charge in [0.05, 0.1) is 0 Å². The Morgan fingerprint density at radius 3 is 2.10 bits per heavy atom. The molecular weight excluding hydrogens is 242 g/mol. The van der Waals surface area contributed by atoms with Crippen LogP contribution in [-0.4, -0.2) is 13.1 Å². The standard InChI is InChI=1S/C19H35N/c1-6-14(2)7-16(20-5)19-10-15-8-17(3,12-19)11-18(4,9-15)13-19/h14-16,20H,6-13H2,1-5H3. The molecule has 0 amide bonds. The summed E-state index contributed by atoms with van der Waals surface area (Å²) in [6.07, 6.45) is 11.7. The zero-order valence-electron chi connectivity index (χ0n) is 14.4. The first-order valence-electron chi connectivity index (χ1n) is 8.99. The highest BCUT2D eigenvalue weighted by Gasteiger charge is 2.61. The lowest BCUT2D eigenvalue weighted by Gasteiger charge is -2.67. The lowest BCUT2D eigenvalue weighted by molar-refractivity contribution is -0.159. The molecule has 116 valence electrons. The van der Waals surface area contributed by atoms with Gasteiger partial charge < -0.3 is 5.32 Å². The van der Waals surface area contributed by atoms with Crippen molar-refractivity contribution in [2.24, 2.45) is 28.1 Å². The quantitative estimate of drug-likeness (QED) is 0.745. The van der Waals surface area contributed by atoms with Crippen LogP contribution in [0.25, 0.3) is 0 Å². The van der Waals surface area contributed by atoms with E-state index in [4.69, 9.17) is 0 Å². The van der Waals surface area contributed by atoms with Gasteiger partial charge in [-0.25, -0.2) is 0 Å². The molecule has 4 unspecified atom stereocenters. The van der Waals surface area contributed by atoms with Crippen molar-refractivity contribution in [3.05, 3.63) is 0 Å². The SMILES string of the molecule is CCC(C)CC(NC)C12CC3CC(C)(CC(C)(C3)C1)C2. The highest BCUT2D eigenvalue weighted by atomic mass is 14.9. The van der Waals surface area contributed by atoms with Crippen molar-refractivity contribution in [3.63, 3.8) is 0 Å². The van der Waals surface area contributed by atoms with Gasteiger partial charge in [-0.05, 0) is 80.1 Å². The Bertz CT molecular complexity index is 356. The second kappa shape index (κ2) is 4.73. The first kappa shape index (κ1) is 14.9. The van der Waals surface area contributed by atoms with Crippen molar-refractivity contribution in [1.29, 1.82) is 0 Å². The van der Waals surface area contributed by atoms with Crippen molar-refractivity contribution in [3.8, 4) is 0 Å². The van der Waals surface area contributed by atoms with Gasteiger partial charge in [0.2, 0.25) is 0 Å². The lowest BCUT2D eigenvalue weighted by atomic mass is 9.39. The van der Waals surface area contributed by atoms with Crippen molar-refractivity contribution in [2.45, 2.75) is 85.1 Å². The highest BCUT2D eigenvalue weighted by Crippen LogP contribution is 2.70. The van der Waals surface area contributed by atoms with E-state index in [0.29, 0.717) is 16.2 Å². The van der Waals surface area contributed by atoms with Crippen LogP contribution in [0.1, 0.15) is 79.1 Å². The molecule has 0 aliphatic heterocycles. The van der Waals surface area contributed by atoms with Gasteiger partial charge in [0.1, 0.15) is 0 Å². The van der Waals surface area contributed by atoms with Crippen molar-refractivity contribution in [2.75, 3.05) is 7.05 Å². The average Bonchev–Trinajstić information content (AvgIpc) is 2.30. The van der Waals surface area contributed by atoms with Gasteiger partial charge in [0.15, 0.2) is 0 Å². The van der Waals surface area contributed by atoms with Gasteiger partial charge in [0, 0.05) is 6.04 Å². The maximum atomic E-state index is 3.76. The summed E-state index contributed by atoms with van der Waals surface area (Å²) in [6, 6.07) is 0.750. The predicted octanol–water partition coefficient (Wildman–Crippen LogP) is 5.01. The fourth-order valence-corrected chi connectivity index (χ4v) is 7.17. The maximum Gasteiger partial charge on any atom is 0.0124 e. The molecule has 1 heteroatoms. The molecular formula is C19H35N. The van der Waals surface area contributed by atoms with E-state index in [1.54, 1.807) is 0 Å². The minimum absolute atomic E-state index is 0.612. The molecule has 0 saturated heterocycles. The molecule has 4 fully saturated rings. The Morgan fingerprint density at radius 2 is 1.65 bits per heavy atom. The van der Waals surface area contributed by atoms with Crippen LogP contribution in [0.3, 0.4) is 0 Å². The molecule has 4 aliphatic rings. The van der Waals surface area contributed by atoms with Crippen LogP contribution in [0.2, 0.25) is 0 Å². The summed E-state index contributed by atoms with van der Waals surface area (Å²) in [5, 5.41) is 3.76.